The Hall–Kier alpha value is -0.610. The number of carbonyl (C=O) groups excluding carboxylic acids is 1. The number of piperidine rings is 1. The molecular formula is C11H21N3O. The number of amides is 1. The van der Waals surface area contributed by atoms with E-state index >= 15 is 0 Å². The van der Waals surface area contributed by atoms with Crippen LogP contribution in [0.5, 0.6) is 0 Å². The lowest BCUT2D eigenvalue weighted by Crippen LogP contribution is -2.52. The van der Waals surface area contributed by atoms with E-state index in [0.717, 1.165) is 25.9 Å². The number of hydrazine groups is 1. The lowest BCUT2D eigenvalue weighted by atomic mass is 10.0. The fourth-order valence-corrected chi connectivity index (χ4v) is 2.52. The van der Waals surface area contributed by atoms with Gasteiger partial charge < -0.3 is 5.32 Å². The Labute approximate surface area is 91.6 Å². The first-order valence-electron chi connectivity index (χ1n) is 5.79. The van der Waals surface area contributed by atoms with Crippen molar-refractivity contribution in [3.8, 4) is 0 Å². The van der Waals surface area contributed by atoms with Gasteiger partial charge in [-0.05, 0) is 39.8 Å². The second kappa shape index (κ2) is 3.76. The zero-order valence-electron chi connectivity index (χ0n) is 9.92. The quantitative estimate of drug-likeness (QED) is 0.690. The van der Waals surface area contributed by atoms with Gasteiger partial charge in [-0.15, -0.1) is 0 Å². The van der Waals surface area contributed by atoms with Crippen LogP contribution >= 0.6 is 0 Å². The summed E-state index contributed by atoms with van der Waals surface area (Å²) in [5, 5.41) is 7.45. The van der Waals surface area contributed by atoms with Crippen LogP contribution in [0.15, 0.2) is 0 Å². The first kappa shape index (κ1) is 10.9. The van der Waals surface area contributed by atoms with Gasteiger partial charge in [-0.25, -0.2) is 5.01 Å². The Morgan fingerprint density at radius 2 is 1.93 bits per heavy atom. The van der Waals surface area contributed by atoms with Crippen molar-refractivity contribution < 1.29 is 4.79 Å². The molecule has 2 rings (SSSR count). The maximum atomic E-state index is 12.0. The molecule has 0 saturated carbocycles. The molecule has 86 valence electrons. The van der Waals surface area contributed by atoms with Crippen molar-refractivity contribution in [1.29, 1.82) is 0 Å². The monoisotopic (exact) mass is 211 g/mol. The van der Waals surface area contributed by atoms with Gasteiger partial charge >= 0.3 is 0 Å². The molecule has 2 heterocycles. The Morgan fingerprint density at radius 3 is 2.40 bits per heavy atom. The predicted octanol–water partition coefficient (Wildman–Crippen LogP) is 0.596. The van der Waals surface area contributed by atoms with Crippen LogP contribution in [0.3, 0.4) is 0 Å². The number of nitrogens with one attached hydrogen (secondary N) is 1. The smallest absolute Gasteiger partial charge is 0.239 e. The maximum absolute atomic E-state index is 12.0. The third-order valence-corrected chi connectivity index (χ3v) is 3.69. The zero-order valence-corrected chi connectivity index (χ0v) is 9.92. The third-order valence-electron chi connectivity index (χ3n) is 3.69. The van der Waals surface area contributed by atoms with E-state index in [0.29, 0.717) is 12.5 Å². The summed E-state index contributed by atoms with van der Waals surface area (Å²) in [6, 6.07) is 0.408. The van der Waals surface area contributed by atoms with Gasteiger partial charge in [0.15, 0.2) is 0 Å². The summed E-state index contributed by atoms with van der Waals surface area (Å²) >= 11 is 0. The molecule has 4 heteroatoms. The highest BCUT2D eigenvalue weighted by Crippen LogP contribution is 2.31. The highest BCUT2D eigenvalue weighted by atomic mass is 16.2. The van der Waals surface area contributed by atoms with Crippen LogP contribution in [0.4, 0.5) is 0 Å². The van der Waals surface area contributed by atoms with Gasteiger partial charge in [0.25, 0.3) is 0 Å². The SMILES string of the molecule is CN1N(C2CCNCC2)C(=O)CC1(C)C. The lowest BCUT2D eigenvalue weighted by molar-refractivity contribution is -0.144. The van der Waals surface area contributed by atoms with Gasteiger partial charge in [-0.1, -0.05) is 0 Å². The average molecular weight is 211 g/mol. The molecule has 0 aromatic carbocycles. The van der Waals surface area contributed by atoms with Crippen LogP contribution in [0.2, 0.25) is 0 Å². The van der Waals surface area contributed by atoms with Crippen LogP contribution in [0.25, 0.3) is 0 Å². The van der Waals surface area contributed by atoms with Crippen molar-refractivity contribution in [3.63, 3.8) is 0 Å². The summed E-state index contributed by atoms with van der Waals surface area (Å²) in [6.07, 6.45) is 2.80. The van der Waals surface area contributed by atoms with Gasteiger partial charge in [0.2, 0.25) is 5.91 Å². The largest absolute Gasteiger partial charge is 0.317 e. The van der Waals surface area contributed by atoms with E-state index in [1.165, 1.54) is 0 Å². The maximum Gasteiger partial charge on any atom is 0.239 e. The van der Waals surface area contributed by atoms with Crippen LogP contribution in [-0.2, 0) is 4.79 Å². The standard InChI is InChI=1S/C11H21N3O/c1-11(2)8-10(15)14(13(11)3)9-4-6-12-7-5-9/h9,12H,4-8H2,1-3H3. The number of carbonyl (C=O) groups is 1. The zero-order chi connectivity index (χ0) is 11.1. The molecule has 0 aliphatic carbocycles. The number of hydrogen-bond acceptors (Lipinski definition) is 3. The average Bonchev–Trinajstić information content (AvgIpc) is 2.38. The molecule has 4 nitrogen and oxygen atoms in total. The Bertz CT molecular complexity index is 259. The minimum Gasteiger partial charge on any atom is -0.317 e. The third kappa shape index (κ3) is 1.88. The lowest BCUT2D eigenvalue weighted by Gasteiger charge is -2.39. The molecule has 2 fully saturated rings. The first-order valence-corrected chi connectivity index (χ1v) is 5.79. The van der Waals surface area contributed by atoms with Crippen molar-refractivity contribution >= 4 is 5.91 Å². The van der Waals surface area contributed by atoms with Crippen LogP contribution in [0, 0.1) is 0 Å². The first-order chi connectivity index (χ1) is 7.02. The topological polar surface area (TPSA) is 35.6 Å². The molecule has 0 aromatic rings. The summed E-state index contributed by atoms with van der Waals surface area (Å²) < 4.78 is 0. The summed E-state index contributed by atoms with van der Waals surface area (Å²) in [4.78, 5) is 12.0. The van der Waals surface area contributed by atoms with Crippen molar-refractivity contribution in [2.24, 2.45) is 0 Å². The van der Waals surface area contributed by atoms with Crippen LogP contribution < -0.4 is 5.32 Å². The molecule has 0 bridgehead atoms. The minimum absolute atomic E-state index is 0.0119. The second-order valence-corrected chi connectivity index (χ2v) is 5.23. The van der Waals surface area contributed by atoms with Crippen molar-refractivity contribution in [3.05, 3.63) is 0 Å². The summed E-state index contributed by atoms with van der Waals surface area (Å²) in [6.45, 7) is 6.32. The molecule has 0 radical (unpaired) electrons. The van der Waals surface area contributed by atoms with Gasteiger partial charge in [0, 0.05) is 19.0 Å². The molecule has 1 amide bonds. The molecule has 2 aliphatic rings. The highest BCUT2D eigenvalue weighted by Gasteiger charge is 2.44. The van der Waals surface area contributed by atoms with E-state index in [-0.39, 0.29) is 11.4 Å². The van der Waals surface area contributed by atoms with Gasteiger partial charge in [0.1, 0.15) is 0 Å². The molecule has 2 saturated heterocycles. The van der Waals surface area contributed by atoms with Crippen LogP contribution in [0.1, 0.15) is 33.1 Å². The summed E-state index contributed by atoms with van der Waals surface area (Å²) in [5.41, 5.74) is -0.0119. The van der Waals surface area contributed by atoms with E-state index in [9.17, 15) is 4.79 Å². The fourth-order valence-electron chi connectivity index (χ4n) is 2.52. The van der Waals surface area contributed by atoms with Crippen molar-refractivity contribution in [1.82, 2.24) is 15.3 Å². The Balaban J connectivity index is 2.11. The van der Waals surface area contributed by atoms with E-state index in [1.807, 2.05) is 12.1 Å². The number of rotatable bonds is 1. The number of nitrogens with zero attached hydrogens (tertiary/aromatic N) is 2. The Kier molecular flexibility index (Phi) is 2.73. The van der Waals surface area contributed by atoms with E-state index in [2.05, 4.69) is 24.2 Å². The molecule has 15 heavy (non-hydrogen) atoms. The molecule has 0 atom stereocenters. The normalized spacial score (nSPS) is 28.7. The Morgan fingerprint density at radius 1 is 1.33 bits per heavy atom. The fraction of sp³-hybridized carbons (Fsp3) is 0.909. The summed E-state index contributed by atoms with van der Waals surface area (Å²) in [5.74, 6) is 0.286. The number of hydrogen-bond donors (Lipinski definition) is 1. The van der Waals surface area contributed by atoms with E-state index in [4.69, 9.17) is 0 Å². The van der Waals surface area contributed by atoms with Gasteiger partial charge in [-0.2, -0.15) is 0 Å². The van der Waals surface area contributed by atoms with E-state index in [1.54, 1.807) is 0 Å². The molecule has 1 N–H and O–H groups in total. The predicted molar refractivity (Wildman–Crippen MR) is 59.2 cm³/mol. The molecule has 0 aromatic heterocycles. The molecule has 2 aliphatic heterocycles. The van der Waals surface area contributed by atoms with E-state index < -0.39 is 0 Å². The van der Waals surface area contributed by atoms with Crippen LogP contribution in [-0.4, -0.2) is 47.6 Å². The van der Waals surface area contributed by atoms with Crippen molar-refractivity contribution in [2.75, 3.05) is 20.1 Å². The summed E-state index contributed by atoms with van der Waals surface area (Å²) in [7, 11) is 2.03. The van der Waals surface area contributed by atoms with Gasteiger partial charge in [-0.3, -0.25) is 9.80 Å². The molecule has 0 spiro atoms. The second-order valence-electron chi connectivity index (χ2n) is 5.23. The molecule has 0 unspecified atom stereocenters. The van der Waals surface area contributed by atoms with Gasteiger partial charge in [0.05, 0.1) is 6.04 Å². The minimum atomic E-state index is -0.0119. The molecular weight excluding hydrogens is 190 g/mol. The highest BCUT2D eigenvalue weighted by molar-refractivity contribution is 5.79. The van der Waals surface area contributed by atoms with Crippen molar-refractivity contribution in [2.45, 2.75) is 44.7 Å².